The van der Waals surface area contributed by atoms with Gasteiger partial charge in [-0.15, -0.1) is 0 Å². The first kappa shape index (κ1) is 26.1. The molecule has 0 bridgehead atoms. The van der Waals surface area contributed by atoms with Gasteiger partial charge in [0.1, 0.15) is 29.8 Å². The van der Waals surface area contributed by atoms with Gasteiger partial charge >= 0.3 is 0 Å². The first-order chi connectivity index (χ1) is 18.9. The number of halogens is 1. The number of fused-ring (bicyclic) bond motifs is 1. The lowest BCUT2D eigenvalue weighted by atomic mass is 9.97. The summed E-state index contributed by atoms with van der Waals surface area (Å²) < 4.78 is 25.2. The van der Waals surface area contributed by atoms with Crippen molar-refractivity contribution in [1.29, 1.82) is 0 Å². The van der Waals surface area contributed by atoms with Gasteiger partial charge in [0.05, 0.1) is 5.69 Å². The summed E-state index contributed by atoms with van der Waals surface area (Å²) in [5.41, 5.74) is 1.38. The van der Waals surface area contributed by atoms with Gasteiger partial charge in [0.2, 0.25) is 0 Å². The van der Waals surface area contributed by atoms with Crippen molar-refractivity contribution in [3.05, 3.63) is 72.1 Å². The van der Waals surface area contributed by atoms with Gasteiger partial charge < -0.3 is 24.6 Å². The fourth-order valence-corrected chi connectivity index (χ4v) is 4.42. The molecule has 2 amide bonds. The molecule has 2 aliphatic rings. The maximum Gasteiger partial charge on any atom is 0.270 e. The first-order valence-corrected chi connectivity index (χ1v) is 12.7. The van der Waals surface area contributed by atoms with E-state index in [2.05, 4.69) is 39.1 Å². The molecule has 1 N–H and O–H groups in total. The Bertz CT molecular complexity index is 1440. The van der Waals surface area contributed by atoms with E-state index < -0.39 is 17.9 Å². The van der Waals surface area contributed by atoms with Crippen molar-refractivity contribution in [3.63, 3.8) is 0 Å². The summed E-state index contributed by atoms with van der Waals surface area (Å²) in [5.74, 6) is 5.89. The molecule has 0 unspecified atom stereocenters. The van der Waals surface area contributed by atoms with Crippen LogP contribution in [0.2, 0.25) is 0 Å². The maximum atomic E-state index is 13.8. The fourth-order valence-electron chi connectivity index (χ4n) is 4.42. The number of aromatic nitrogens is 2. The van der Waals surface area contributed by atoms with E-state index in [-0.39, 0.29) is 29.7 Å². The van der Waals surface area contributed by atoms with Crippen LogP contribution < -0.4 is 19.7 Å². The highest BCUT2D eigenvalue weighted by molar-refractivity contribution is 6.03. The van der Waals surface area contributed by atoms with E-state index in [0.29, 0.717) is 17.4 Å². The van der Waals surface area contributed by atoms with Crippen LogP contribution in [-0.4, -0.2) is 66.5 Å². The van der Waals surface area contributed by atoms with Crippen LogP contribution in [0.5, 0.6) is 17.2 Å². The van der Waals surface area contributed by atoms with Gasteiger partial charge in [0.25, 0.3) is 17.8 Å². The minimum Gasteiger partial charge on any atom is -0.489 e. The number of benzene rings is 1. The highest BCUT2D eigenvalue weighted by Crippen LogP contribution is 2.32. The van der Waals surface area contributed by atoms with E-state index in [9.17, 15) is 14.0 Å². The zero-order valence-electron chi connectivity index (χ0n) is 21.7. The minimum atomic E-state index is -0.953. The van der Waals surface area contributed by atoms with Crippen LogP contribution in [0.15, 0.2) is 54.9 Å². The number of likely N-dealkylation sites (tertiary alicyclic amines) is 1. The van der Waals surface area contributed by atoms with Crippen molar-refractivity contribution in [1.82, 2.24) is 20.2 Å². The van der Waals surface area contributed by atoms with Crippen LogP contribution in [0.25, 0.3) is 0 Å². The van der Waals surface area contributed by atoms with Crippen molar-refractivity contribution >= 4 is 17.5 Å². The second kappa shape index (κ2) is 11.5. The van der Waals surface area contributed by atoms with E-state index in [4.69, 9.17) is 9.47 Å². The summed E-state index contributed by atoms with van der Waals surface area (Å²) in [6.45, 7) is 2.02. The molecule has 3 aromatic rings. The summed E-state index contributed by atoms with van der Waals surface area (Å²) in [4.78, 5) is 37.6. The Labute approximate surface area is 226 Å². The lowest BCUT2D eigenvalue weighted by molar-refractivity contribution is -0.120. The molecule has 1 fully saturated rings. The predicted molar refractivity (Wildman–Crippen MR) is 142 cm³/mol. The molecule has 10 heteroatoms. The molecule has 200 valence electrons. The SMILES string of the molecule is CN1CCC(C#Cc2ccc3c(c2)N(C)C(=O)[C@@H](NC(=O)c2cc(Oc4cccnc4F)ccn2)CO3)CC1. The first-order valence-electron chi connectivity index (χ1n) is 12.7. The Hall–Kier alpha value is -4.49. The van der Waals surface area contributed by atoms with Gasteiger partial charge in [-0.2, -0.15) is 4.39 Å². The smallest absolute Gasteiger partial charge is 0.270 e. The quantitative estimate of drug-likeness (QED) is 0.409. The minimum absolute atomic E-state index is 0.000444. The van der Waals surface area contributed by atoms with Crippen LogP contribution in [0.3, 0.4) is 0 Å². The number of likely N-dealkylation sites (N-methyl/N-ethyl adjacent to an activating group) is 1. The molecule has 2 aliphatic heterocycles. The molecule has 9 nitrogen and oxygen atoms in total. The third-order valence-electron chi connectivity index (χ3n) is 6.72. The number of amides is 2. The molecule has 1 atom stereocenters. The second-order valence-corrected chi connectivity index (χ2v) is 9.53. The molecular formula is C29H28FN5O4. The van der Waals surface area contributed by atoms with Crippen LogP contribution in [0.1, 0.15) is 28.9 Å². The highest BCUT2D eigenvalue weighted by atomic mass is 19.1. The van der Waals surface area contributed by atoms with Crippen LogP contribution in [0, 0.1) is 23.7 Å². The number of nitrogens with one attached hydrogen (secondary N) is 1. The number of nitrogens with zero attached hydrogens (tertiary/aromatic N) is 4. The Morgan fingerprint density at radius 2 is 1.95 bits per heavy atom. The molecule has 5 rings (SSSR count). The molecule has 0 aliphatic carbocycles. The number of hydrogen-bond acceptors (Lipinski definition) is 7. The van der Waals surface area contributed by atoms with Gasteiger partial charge in [-0.3, -0.25) is 14.6 Å². The summed E-state index contributed by atoms with van der Waals surface area (Å²) in [6.07, 6.45) is 4.75. The monoisotopic (exact) mass is 529 g/mol. The molecule has 0 spiro atoms. The number of piperidine rings is 1. The summed E-state index contributed by atoms with van der Waals surface area (Å²) in [7, 11) is 3.76. The van der Waals surface area contributed by atoms with Gasteiger partial charge in [0, 0.05) is 37.0 Å². The van der Waals surface area contributed by atoms with Crippen LogP contribution in [-0.2, 0) is 4.79 Å². The van der Waals surface area contributed by atoms with E-state index >= 15 is 0 Å². The number of anilines is 1. The maximum absolute atomic E-state index is 13.8. The number of pyridine rings is 2. The van der Waals surface area contributed by atoms with E-state index in [1.165, 1.54) is 41.6 Å². The Morgan fingerprint density at radius 3 is 2.74 bits per heavy atom. The summed E-state index contributed by atoms with van der Waals surface area (Å²) >= 11 is 0. The van der Waals surface area contributed by atoms with Crippen molar-refractivity contribution in [2.24, 2.45) is 5.92 Å². The molecule has 0 saturated carbocycles. The normalized spacial score (nSPS) is 17.8. The van der Waals surface area contributed by atoms with Crippen molar-refractivity contribution in [2.45, 2.75) is 18.9 Å². The van der Waals surface area contributed by atoms with Crippen molar-refractivity contribution < 1.29 is 23.5 Å². The fraction of sp³-hybridized carbons (Fsp3) is 0.310. The van der Waals surface area contributed by atoms with E-state index in [0.717, 1.165) is 31.5 Å². The standard InChI is InChI=1S/C29H28FN5O4/c1-34-14-10-19(11-15-34)5-6-20-7-8-25-24(16-20)35(2)29(37)23(18-38-25)33-28(36)22-17-21(9-13-31-22)39-26-4-3-12-32-27(26)30/h3-4,7-9,12-13,16-17,19,23H,10-11,14-15,18H2,1-2H3,(H,33,36)/t23-/m0/s1. The number of rotatable bonds is 4. The lowest BCUT2D eigenvalue weighted by Crippen LogP contribution is -2.49. The largest absolute Gasteiger partial charge is 0.489 e. The molecule has 1 saturated heterocycles. The number of carbonyl (C=O) groups is 2. The number of carbonyl (C=O) groups excluding carboxylic acids is 2. The van der Waals surface area contributed by atoms with Crippen LogP contribution in [0.4, 0.5) is 10.1 Å². The number of hydrogen-bond donors (Lipinski definition) is 1. The van der Waals surface area contributed by atoms with Crippen LogP contribution >= 0.6 is 0 Å². The molecule has 4 heterocycles. The zero-order valence-corrected chi connectivity index (χ0v) is 21.7. The molecule has 2 aromatic heterocycles. The Balaban J connectivity index is 1.26. The average Bonchev–Trinajstić information content (AvgIpc) is 3.06. The average molecular weight is 530 g/mol. The molecule has 0 radical (unpaired) electrons. The molecule has 39 heavy (non-hydrogen) atoms. The zero-order chi connectivity index (χ0) is 27.4. The predicted octanol–water partition coefficient (Wildman–Crippen LogP) is 3.26. The Kier molecular flexibility index (Phi) is 7.70. The second-order valence-electron chi connectivity index (χ2n) is 9.53. The summed E-state index contributed by atoms with van der Waals surface area (Å²) in [6, 6.07) is 10.3. The van der Waals surface area contributed by atoms with Gasteiger partial charge in [-0.05, 0) is 69.4 Å². The molecular weight excluding hydrogens is 501 g/mol. The summed E-state index contributed by atoms with van der Waals surface area (Å²) in [5, 5.41) is 2.69. The lowest BCUT2D eigenvalue weighted by Gasteiger charge is -2.25. The number of ether oxygens (including phenoxy) is 2. The van der Waals surface area contributed by atoms with E-state index in [1.54, 1.807) is 13.1 Å². The highest BCUT2D eigenvalue weighted by Gasteiger charge is 2.31. The van der Waals surface area contributed by atoms with Crippen molar-refractivity contribution in [3.8, 4) is 29.1 Å². The van der Waals surface area contributed by atoms with Gasteiger partial charge in [-0.25, -0.2) is 4.98 Å². The third kappa shape index (κ3) is 6.16. The Morgan fingerprint density at radius 1 is 1.13 bits per heavy atom. The van der Waals surface area contributed by atoms with E-state index in [1.807, 2.05) is 12.1 Å². The van der Waals surface area contributed by atoms with Crippen molar-refractivity contribution in [2.75, 3.05) is 38.7 Å². The third-order valence-corrected chi connectivity index (χ3v) is 6.72. The molecule has 1 aromatic carbocycles. The van der Waals surface area contributed by atoms with Gasteiger partial charge in [0.15, 0.2) is 5.75 Å². The van der Waals surface area contributed by atoms with Gasteiger partial charge in [-0.1, -0.05) is 11.8 Å². The topological polar surface area (TPSA) is 96.9 Å².